The highest BCUT2D eigenvalue weighted by Gasteiger charge is 2.83. The number of carbonyl (C=O) groups is 3. The fourth-order valence-corrected chi connectivity index (χ4v) is 8.69. The molecule has 0 bridgehead atoms. The van der Waals surface area contributed by atoms with Crippen LogP contribution in [0.2, 0.25) is 0 Å². The topological polar surface area (TPSA) is 82.2 Å². The number of hydrogen-bond acceptors (Lipinski definition) is 6. The SMILES string of the molecule is COC(=O)[C@@H]1CC2=CC(=O)CC[C@]2(C)[C@@]23O[C@@H]2C[C@@]2(C)C(CCC24CCC(=O)O4)C13. The van der Waals surface area contributed by atoms with Crippen molar-refractivity contribution in [3.63, 3.8) is 0 Å². The number of esters is 2. The smallest absolute Gasteiger partial charge is 0.309 e. The number of rotatable bonds is 1. The number of ketones is 1. The molecular formula is C24H30O6. The summed E-state index contributed by atoms with van der Waals surface area (Å²) in [6.45, 7) is 4.51. The first-order valence-corrected chi connectivity index (χ1v) is 11.4. The maximum absolute atomic E-state index is 13.0. The molecule has 162 valence electrons. The molecule has 0 aromatic rings. The fraction of sp³-hybridized carbons (Fsp3) is 0.792. The lowest BCUT2D eigenvalue weighted by atomic mass is 9.43. The minimum atomic E-state index is -0.424. The van der Waals surface area contributed by atoms with Gasteiger partial charge in [0.25, 0.3) is 0 Å². The number of fused-ring (bicyclic) bond motifs is 4. The number of ether oxygens (including phenoxy) is 3. The summed E-state index contributed by atoms with van der Waals surface area (Å²) in [6, 6.07) is 0. The second-order valence-corrected chi connectivity index (χ2v) is 11.0. The van der Waals surface area contributed by atoms with Gasteiger partial charge in [0.05, 0.1) is 19.1 Å². The number of methoxy groups -OCH3 is 1. The molecule has 5 fully saturated rings. The molecule has 2 saturated heterocycles. The van der Waals surface area contributed by atoms with Gasteiger partial charge in [0.15, 0.2) is 5.78 Å². The van der Waals surface area contributed by atoms with E-state index < -0.39 is 11.2 Å². The molecule has 2 aliphatic heterocycles. The lowest BCUT2D eigenvalue weighted by molar-refractivity contribution is -0.172. The predicted octanol–water partition coefficient (Wildman–Crippen LogP) is 3.12. The molecule has 3 unspecified atom stereocenters. The van der Waals surface area contributed by atoms with Gasteiger partial charge in [-0.05, 0) is 50.5 Å². The molecular weight excluding hydrogens is 384 g/mol. The molecule has 0 aromatic carbocycles. The molecule has 6 aliphatic rings. The number of epoxide rings is 1. The maximum atomic E-state index is 13.0. The highest BCUT2D eigenvalue weighted by atomic mass is 16.6. The van der Waals surface area contributed by atoms with Gasteiger partial charge in [0.2, 0.25) is 0 Å². The van der Waals surface area contributed by atoms with Gasteiger partial charge < -0.3 is 14.2 Å². The molecule has 2 spiro atoms. The third-order valence-corrected chi connectivity index (χ3v) is 10.2. The minimum absolute atomic E-state index is 0.0303. The van der Waals surface area contributed by atoms with E-state index in [1.165, 1.54) is 7.11 Å². The highest BCUT2D eigenvalue weighted by Crippen LogP contribution is 2.78. The normalized spacial score (nSPS) is 53.2. The van der Waals surface area contributed by atoms with Crippen molar-refractivity contribution in [3.05, 3.63) is 11.6 Å². The van der Waals surface area contributed by atoms with Crippen LogP contribution in [-0.2, 0) is 28.6 Å². The first kappa shape index (κ1) is 19.0. The van der Waals surface area contributed by atoms with E-state index in [2.05, 4.69) is 13.8 Å². The molecule has 6 rings (SSSR count). The quantitative estimate of drug-likeness (QED) is 0.484. The molecule has 0 amide bonds. The third-order valence-electron chi connectivity index (χ3n) is 10.2. The van der Waals surface area contributed by atoms with Gasteiger partial charge in [0.1, 0.15) is 11.2 Å². The van der Waals surface area contributed by atoms with E-state index in [-0.39, 0.29) is 52.4 Å². The number of hydrogen-bond donors (Lipinski definition) is 0. The second-order valence-electron chi connectivity index (χ2n) is 11.0. The molecule has 8 atom stereocenters. The van der Waals surface area contributed by atoms with Crippen LogP contribution in [0.25, 0.3) is 0 Å². The lowest BCUT2D eigenvalue weighted by Crippen LogP contribution is -2.63. The van der Waals surface area contributed by atoms with E-state index >= 15 is 0 Å². The minimum Gasteiger partial charge on any atom is -0.469 e. The summed E-state index contributed by atoms with van der Waals surface area (Å²) in [5.74, 6) is -0.201. The van der Waals surface area contributed by atoms with Gasteiger partial charge in [-0.2, -0.15) is 0 Å². The zero-order valence-corrected chi connectivity index (χ0v) is 18.0. The summed E-state index contributed by atoms with van der Waals surface area (Å²) in [5.41, 5.74) is -0.175. The zero-order valence-electron chi connectivity index (χ0n) is 18.0. The Morgan fingerprint density at radius 1 is 1.17 bits per heavy atom. The van der Waals surface area contributed by atoms with Crippen LogP contribution in [0.15, 0.2) is 11.6 Å². The largest absolute Gasteiger partial charge is 0.469 e. The predicted molar refractivity (Wildman–Crippen MR) is 105 cm³/mol. The van der Waals surface area contributed by atoms with Crippen molar-refractivity contribution in [3.8, 4) is 0 Å². The summed E-state index contributed by atoms with van der Waals surface area (Å²) in [6.07, 6.45) is 7.61. The van der Waals surface area contributed by atoms with Crippen LogP contribution < -0.4 is 0 Å². The van der Waals surface area contributed by atoms with E-state index in [0.29, 0.717) is 19.3 Å². The maximum Gasteiger partial charge on any atom is 0.309 e. The Morgan fingerprint density at radius 3 is 2.67 bits per heavy atom. The summed E-state index contributed by atoms with van der Waals surface area (Å²) < 4.78 is 17.9. The van der Waals surface area contributed by atoms with Crippen LogP contribution in [0.4, 0.5) is 0 Å². The number of carbonyl (C=O) groups excluding carboxylic acids is 3. The van der Waals surface area contributed by atoms with Gasteiger partial charge in [-0.3, -0.25) is 14.4 Å². The fourth-order valence-electron chi connectivity index (χ4n) is 8.69. The summed E-state index contributed by atoms with van der Waals surface area (Å²) in [4.78, 5) is 37.4. The molecule has 30 heavy (non-hydrogen) atoms. The average Bonchev–Trinajstić information content (AvgIpc) is 3.20. The Morgan fingerprint density at radius 2 is 1.97 bits per heavy atom. The third kappa shape index (κ3) is 1.94. The zero-order chi connectivity index (χ0) is 21.1. The van der Waals surface area contributed by atoms with Crippen molar-refractivity contribution in [2.75, 3.05) is 7.11 Å². The van der Waals surface area contributed by atoms with E-state index in [4.69, 9.17) is 14.2 Å². The monoisotopic (exact) mass is 414 g/mol. The van der Waals surface area contributed by atoms with E-state index in [0.717, 1.165) is 37.7 Å². The van der Waals surface area contributed by atoms with Crippen LogP contribution in [0.5, 0.6) is 0 Å². The van der Waals surface area contributed by atoms with Gasteiger partial charge in [0, 0.05) is 29.6 Å². The van der Waals surface area contributed by atoms with Crippen LogP contribution in [0.3, 0.4) is 0 Å². The molecule has 0 aromatic heterocycles. The Balaban J connectivity index is 1.49. The van der Waals surface area contributed by atoms with E-state index in [1.807, 2.05) is 0 Å². The summed E-state index contributed by atoms with van der Waals surface area (Å²) >= 11 is 0. The van der Waals surface area contributed by atoms with Crippen LogP contribution in [0, 0.1) is 28.6 Å². The molecule has 2 heterocycles. The van der Waals surface area contributed by atoms with Crippen molar-refractivity contribution in [1.29, 1.82) is 0 Å². The standard InChI is InChI=1S/C24H30O6/c1-21-7-4-14(25)10-13(21)11-15(20(27)28-3)19-16-5-8-23(9-6-18(26)30-23)22(16,2)12-17-24(19,21)29-17/h10,15-17,19H,4-9,11-12H2,1-3H3/t15-,16?,17-,19?,21+,22+,23?,24-/m1/s1. The van der Waals surface area contributed by atoms with Crippen LogP contribution in [-0.4, -0.2) is 42.1 Å². The molecule has 6 heteroatoms. The van der Waals surface area contributed by atoms with Crippen molar-refractivity contribution in [2.45, 2.75) is 82.5 Å². The molecule has 0 N–H and O–H groups in total. The molecule has 6 nitrogen and oxygen atoms in total. The Labute approximate surface area is 176 Å². The first-order valence-electron chi connectivity index (χ1n) is 11.4. The Bertz CT molecular complexity index is 907. The van der Waals surface area contributed by atoms with Gasteiger partial charge in [-0.15, -0.1) is 0 Å². The first-order chi connectivity index (χ1) is 14.2. The molecule has 4 aliphatic carbocycles. The van der Waals surface area contributed by atoms with Crippen molar-refractivity contribution in [2.24, 2.45) is 28.6 Å². The van der Waals surface area contributed by atoms with Crippen molar-refractivity contribution in [1.82, 2.24) is 0 Å². The molecule has 3 saturated carbocycles. The van der Waals surface area contributed by atoms with Crippen molar-refractivity contribution >= 4 is 17.7 Å². The molecule has 0 radical (unpaired) electrons. The average molecular weight is 414 g/mol. The van der Waals surface area contributed by atoms with Crippen molar-refractivity contribution < 1.29 is 28.6 Å². The Kier molecular flexibility index (Phi) is 3.53. The van der Waals surface area contributed by atoms with Gasteiger partial charge in [-0.25, -0.2) is 0 Å². The Hall–Kier alpha value is -1.69. The van der Waals surface area contributed by atoms with Crippen LogP contribution in [0.1, 0.15) is 65.2 Å². The van der Waals surface area contributed by atoms with E-state index in [9.17, 15) is 14.4 Å². The highest BCUT2D eigenvalue weighted by molar-refractivity contribution is 5.92. The summed E-state index contributed by atoms with van der Waals surface area (Å²) in [7, 11) is 1.45. The van der Waals surface area contributed by atoms with Gasteiger partial charge in [-0.1, -0.05) is 19.4 Å². The second kappa shape index (κ2) is 5.56. The van der Waals surface area contributed by atoms with Crippen LogP contribution >= 0.6 is 0 Å². The lowest BCUT2D eigenvalue weighted by Gasteiger charge is -2.58. The van der Waals surface area contributed by atoms with Gasteiger partial charge >= 0.3 is 11.9 Å². The van der Waals surface area contributed by atoms with E-state index in [1.54, 1.807) is 6.08 Å². The summed E-state index contributed by atoms with van der Waals surface area (Å²) in [5, 5.41) is 0.